The van der Waals surface area contributed by atoms with E-state index in [4.69, 9.17) is 14.0 Å². The summed E-state index contributed by atoms with van der Waals surface area (Å²) in [6.07, 6.45) is 0.312. The fraction of sp³-hybridized carbons (Fsp3) is 0.412. The predicted octanol–water partition coefficient (Wildman–Crippen LogP) is 2.04. The molecule has 0 saturated heterocycles. The van der Waals surface area contributed by atoms with Crippen LogP contribution in [-0.4, -0.2) is 32.3 Å². The Kier molecular flexibility index (Phi) is 5.38. The molecule has 146 valence electrons. The monoisotopic (exact) mass is 395 g/mol. The molecular weight excluding hydrogens is 374 g/mol. The summed E-state index contributed by atoms with van der Waals surface area (Å²) in [6.45, 7) is 5.53. The highest BCUT2D eigenvalue weighted by Gasteiger charge is 2.28. The minimum absolute atomic E-state index is 0.00872. The number of fused-ring (bicyclic) bond motifs is 1. The number of hydrogen-bond donors (Lipinski definition) is 2. The van der Waals surface area contributed by atoms with E-state index in [-0.39, 0.29) is 23.4 Å². The minimum atomic E-state index is -3.95. The molecule has 0 bridgehead atoms. The van der Waals surface area contributed by atoms with E-state index in [1.807, 2.05) is 13.8 Å². The first-order valence-corrected chi connectivity index (χ1v) is 9.89. The zero-order valence-corrected chi connectivity index (χ0v) is 16.0. The number of anilines is 1. The highest BCUT2D eigenvalue weighted by Crippen LogP contribution is 2.33. The minimum Gasteiger partial charge on any atom is -0.454 e. The number of hydrogen-bond acceptors (Lipinski definition) is 7. The van der Waals surface area contributed by atoms with Gasteiger partial charge in [-0.25, -0.2) is 8.42 Å². The average Bonchev–Trinajstić information content (AvgIpc) is 3.21. The van der Waals surface area contributed by atoms with E-state index < -0.39 is 22.0 Å². The number of nitrogens with zero attached hydrogens (tertiary/aromatic N) is 1. The van der Waals surface area contributed by atoms with Crippen molar-refractivity contribution in [2.45, 2.75) is 38.1 Å². The van der Waals surface area contributed by atoms with Gasteiger partial charge in [-0.3, -0.25) is 4.79 Å². The van der Waals surface area contributed by atoms with Gasteiger partial charge in [-0.2, -0.15) is 4.72 Å². The van der Waals surface area contributed by atoms with Crippen LogP contribution in [0.1, 0.15) is 26.0 Å². The SMILES string of the molecule is Cc1cc(NC(=O)[C@@H](CC(C)C)NS(=O)(=O)c2ccc3c(c2)OCO3)no1. The van der Waals surface area contributed by atoms with Crippen LogP contribution in [0.5, 0.6) is 11.5 Å². The van der Waals surface area contributed by atoms with Crippen LogP contribution in [0.2, 0.25) is 0 Å². The molecule has 1 aromatic heterocycles. The topological polar surface area (TPSA) is 120 Å². The second-order valence-corrected chi connectivity index (χ2v) is 8.34. The molecule has 2 heterocycles. The lowest BCUT2D eigenvalue weighted by molar-refractivity contribution is -0.118. The Hall–Kier alpha value is -2.59. The fourth-order valence-corrected chi connectivity index (χ4v) is 3.84. The number of sulfonamides is 1. The van der Waals surface area contributed by atoms with Crippen LogP contribution >= 0.6 is 0 Å². The van der Waals surface area contributed by atoms with Gasteiger partial charge in [-0.05, 0) is 31.4 Å². The quantitative estimate of drug-likeness (QED) is 0.736. The van der Waals surface area contributed by atoms with Crippen LogP contribution in [0.3, 0.4) is 0 Å². The molecule has 3 rings (SSSR count). The Balaban J connectivity index is 1.79. The summed E-state index contributed by atoms with van der Waals surface area (Å²) >= 11 is 0. The molecule has 2 aromatic rings. The molecule has 1 amide bonds. The van der Waals surface area contributed by atoms with Gasteiger partial charge in [0.1, 0.15) is 11.8 Å². The Morgan fingerprint density at radius 1 is 1.22 bits per heavy atom. The number of benzene rings is 1. The van der Waals surface area contributed by atoms with Crippen LogP contribution in [-0.2, 0) is 14.8 Å². The standard InChI is InChI=1S/C17H21N3O6S/c1-10(2)6-13(17(21)18-16-7-11(3)26-19-16)20-27(22,23)12-4-5-14-15(8-12)25-9-24-14/h4-5,7-8,10,13,20H,6,9H2,1-3H3,(H,18,19,21)/t13-/m1/s1. The van der Waals surface area contributed by atoms with Crippen LogP contribution in [0.4, 0.5) is 5.82 Å². The van der Waals surface area contributed by atoms with E-state index >= 15 is 0 Å². The number of ether oxygens (including phenoxy) is 2. The Morgan fingerprint density at radius 3 is 2.63 bits per heavy atom. The number of amides is 1. The van der Waals surface area contributed by atoms with Gasteiger partial charge in [0.2, 0.25) is 22.7 Å². The second-order valence-electron chi connectivity index (χ2n) is 6.63. The fourth-order valence-electron chi connectivity index (χ4n) is 2.62. The maximum atomic E-state index is 12.8. The molecule has 0 spiro atoms. The summed E-state index contributed by atoms with van der Waals surface area (Å²) < 4.78 is 43.3. The number of carbonyl (C=O) groups excluding carboxylic acids is 1. The summed E-state index contributed by atoms with van der Waals surface area (Å²) in [5.74, 6) is 1.16. The maximum Gasteiger partial charge on any atom is 0.243 e. The number of carbonyl (C=O) groups is 1. The molecule has 1 aliphatic rings. The molecule has 27 heavy (non-hydrogen) atoms. The Morgan fingerprint density at radius 2 is 1.96 bits per heavy atom. The third kappa shape index (κ3) is 4.58. The lowest BCUT2D eigenvalue weighted by Crippen LogP contribution is -2.44. The van der Waals surface area contributed by atoms with Crippen LogP contribution < -0.4 is 19.5 Å². The molecule has 1 aliphatic heterocycles. The average molecular weight is 395 g/mol. The van der Waals surface area contributed by atoms with Crippen LogP contribution in [0, 0.1) is 12.8 Å². The van der Waals surface area contributed by atoms with Gasteiger partial charge in [0.25, 0.3) is 0 Å². The van der Waals surface area contributed by atoms with Crippen molar-refractivity contribution >= 4 is 21.7 Å². The third-order valence-electron chi connectivity index (χ3n) is 3.85. The highest BCUT2D eigenvalue weighted by atomic mass is 32.2. The molecule has 0 unspecified atom stereocenters. The first-order chi connectivity index (χ1) is 12.7. The van der Waals surface area contributed by atoms with Gasteiger partial charge in [-0.15, -0.1) is 0 Å². The third-order valence-corrected chi connectivity index (χ3v) is 5.32. The van der Waals surface area contributed by atoms with Gasteiger partial charge >= 0.3 is 0 Å². The van der Waals surface area contributed by atoms with Gasteiger partial charge in [0, 0.05) is 12.1 Å². The molecule has 1 aromatic carbocycles. The molecule has 0 aliphatic carbocycles. The predicted molar refractivity (Wildman–Crippen MR) is 96.0 cm³/mol. The van der Waals surface area contributed by atoms with E-state index in [0.29, 0.717) is 23.7 Å². The molecule has 0 saturated carbocycles. The largest absolute Gasteiger partial charge is 0.454 e. The van der Waals surface area contributed by atoms with Crippen molar-refractivity contribution in [1.29, 1.82) is 0 Å². The van der Waals surface area contributed by atoms with Crippen molar-refractivity contribution in [3.63, 3.8) is 0 Å². The maximum absolute atomic E-state index is 12.8. The van der Waals surface area contributed by atoms with Crippen molar-refractivity contribution in [3.8, 4) is 11.5 Å². The van der Waals surface area contributed by atoms with E-state index in [1.54, 1.807) is 13.0 Å². The lowest BCUT2D eigenvalue weighted by atomic mass is 10.0. The van der Waals surface area contributed by atoms with Crippen molar-refractivity contribution in [1.82, 2.24) is 9.88 Å². The first kappa shape index (κ1) is 19.2. The van der Waals surface area contributed by atoms with Gasteiger partial charge in [0.05, 0.1) is 4.90 Å². The lowest BCUT2D eigenvalue weighted by Gasteiger charge is -2.19. The summed E-state index contributed by atoms with van der Waals surface area (Å²) in [4.78, 5) is 12.6. The molecule has 0 fully saturated rings. The van der Waals surface area contributed by atoms with Crippen molar-refractivity contribution in [2.75, 3.05) is 12.1 Å². The number of rotatable bonds is 7. The van der Waals surface area contributed by atoms with E-state index in [2.05, 4.69) is 15.2 Å². The van der Waals surface area contributed by atoms with E-state index in [1.165, 1.54) is 18.2 Å². The van der Waals surface area contributed by atoms with Gasteiger partial charge in [0.15, 0.2) is 17.3 Å². The zero-order valence-electron chi connectivity index (χ0n) is 15.2. The molecule has 2 N–H and O–H groups in total. The number of aryl methyl sites for hydroxylation is 1. The highest BCUT2D eigenvalue weighted by molar-refractivity contribution is 7.89. The zero-order chi connectivity index (χ0) is 19.6. The van der Waals surface area contributed by atoms with Crippen LogP contribution in [0.15, 0.2) is 33.7 Å². The Bertz CT molecular complexity index is 938. The smallest absolute Gasteiger partial charge is 0.243 e. The van der Waals surface area contributed by atoms with Gasteiger partial charge in [-0.1, -0.05) is 19.0 Å². The van der Waals surface area contributed by atoms with E-state index in [0.717, 1.165) is 0 Å². The van der Waals surface area contributed by atoms with E-state index in [9.17, 15) is 13.2 Å². The van der Waals surface area contributed by atoms with Crippen molar-refractivity contribution in [2.24, 2.45) is 5.92 Å². The Labute approximate surface area is 157 Å². The molecule has 9 nitrogen and oxygen atoms in total. The van der Waals surface area contributed by atoms with Gasteiger partial charge < -0.3 is 19.3 Å². The number of aromatic nitrogens is 1. The van der Waals surface area contributed by atoms with Crippen LogP contribution in [0.25, 0.3) is 0 Å². The first-order valence-electron chi connectivity index (χ1n) is 8.41. The number of nitrogens with one attached hydrogen (secondary N) is 2. The second kappa shape index (κ2) is 7.57. The van der Waals surface area contributed by atoms with Crippen molar-refractivity contribution < 1.29 is 27.2 Å². The van der Waals surface area contributed by atoms with Crippen molar-refractivity contribution in [3.05, 3.63) is 30.0 Å². The molecular formula is C17H21N3O6S. The normalized spacial score (nSPS) is 14.4. The summed E-state index contributed by atoms with van der Waals surface area (Å²) in [7, 11) is -3.95. The summed E-state index contributed by atoms with van der Waals surface area (Å²) in [5, 5.41) is 6.27. The molecule has 0 radical (unpaired) electrons. The molecule has 1 atom stereocenters. The summed E-state index contributed by atoms with van der Waals surface area (Å²) in [6, 6.07) is 4.87. The molecule has 10 heteroatoms. The summed E-state index contributed by atoms with van der Waals surface area (Å²) in [5.41, 5.74) is 0.